The van der Waals surface area contributed by atoms with Gasteiger partial charge in [-0.15, -0.1) is 0 Å². The van der Waals surface area contributed by atoms with Crippen LogP contribution in [0.4, 0.5) is 5.69 Å². The Hall–Kier alpha value is -2.30. The van der Waals surface area contributed by atoms with Crippen molar-refractivity contribution in [1.29, 1.82) is 0 Å². The van der Waals surface area contributed by atoms with Gasteiger partial charge in [-0.2, -0.15) is 0 Å². The van der Waals surface area contributed by atoms with Gasteiger partial charge in [-0.25, -0.2) is 4.98 Å². The third kappa shape index (κ3) is 2.62. The molecular weight excluding hydrogens is 314 g/mol. The van der Waals surface area contributed by atoms with Gasteiger partial charge in [-0.05, 0) is 60.3 Å². The van der Waals surface area contributed by atoms with E-state index in [4.69, 9.17) is 10.2 Å². The number of rotatable bonds is 3. The monoisotopic (exact) mass is 339 g/mol. The lowest BCUT2D eigenvalue weighted by atomic mass is 9.45. The van der Waals surface area contributed by atoms with Crippen LogP contribution in [0.25, 0.3) is 11.5 Å². The Bertz CT molecular complexity index is 794. The quantitative estimate of drug-likeness (QED) is 0.835. The molecule has 0 radical (unpaired) electrons. The van der Waals surface area contributed by atoms with Gasteiger partial charge < -0.3 is 15.5 Å². The maximum absolute atomic E-state index is 12.6. The summed E-state index contributed by atoms with van der Waals surface area (Å²) in [6.45, 7) is 6.98. The van der Waals surface area contributed by atoms with E-state index in [1.54, 1.807) is 12.1 Å². The zero-order chi connectivity index (χ0) is 17.8. The molecule has 0 aliphatic heterocycles. The molecule has 5 heteroatoms. The van der Waals surface area contributed by atoms with E-state index in [2.05, 4.69) is 31.1 Å². The number of amides is 1. The molecule has 0 saturated heterocycles. The number of benzene rings is 1. The summed E-state index contributed by atoms with van der Waals surface area (Å²) in [5, 5.41) is 3.18. The minimum atomic E-state index is -0.151. The third-order valence-corrected chi connectivity index (χ3v) is 6.57. The fourth-order valence-electron chi connectivity index (χ4n) is 4.72. The van der Waals surface area contributed by atoms with Crippen LogP contribution in [0.5, 0.6) is 0 Å². The van der Waals surface area contributed by atoms with Crippen LogP contribution in [-0.2, 0) is 0 Å². The first-order valence-electron chi connectivity index (χ1n) is 8.98. The van der Waals surface area contributed by atoms with E-state index in [0.29, 0.717) is 40.4 Å². The van der Waals surface area contributed by atoms with Crippen LogP contribution < -0.4 is 11.1 Å². The maximum atomic E-state index is 12.6. The fourth-order valence-corrected chi connectivity index (χ4v) is 4.72. The molecule has 3 aliphatic rings. The summed E-state index contributed by atoms with van der Waals surface area (Å²) >= 11 is 0. The van der Waals surface area contributed by atoms with Crippen LogP contribution in [0.3, 0.4) is 0 Å². The van der Waals surface area contributed by atoms with Gasteiger partial charge in [0.1, 0.15) is 6.26 Å². The van der Waals surface area contributed by atoms with Gasteiger partial charge in [0.05, 0.1) is 0 Å². The van der Waals surface area contributed by atoms with Gasteiger partial charge in [0.15, 0.2) is 5.69 Å². The first-order valence-corrected chi connectivity index (χ1v) is 8.98. The molecule has 3 saturated carbocycles. The largest absolute Gasteiger partial charge is 0.444 e. The molecule has 1 amide bonds. The summed E-state index contributed by atoms with van der Waals surface area (Å²) in [5.74, 6) is 2.18. The fraction of sp³-hybridized carbons (Fsp3) is 0.500. The lowest BCUT2D eigenvalue weighted by Gasteiger charge is -2.62. The minimum Gasteiger partial charge on any atom is -0.444 e. The van der Waals surface area contributed by atoms with Gasteiger partial charge in [0, 0.05) is 17.3 Å². The lowest BCUT2D eigenvalue weighted by Crippen LogP contribution is -2.60. The van der Waals surface area contributed by atoms with Gasteiger partial charge in [0.25, 0.3) is 5.91 Å². The second-order valence-electron chi connectivity index (χ2n) is 8.20. The van der Waals surface area contributed by atoms with Crippen LogP contribution >= 0.6 is 0 Å². The predicted octanol–water partition coefficient (Wildman–Crippen LogP) is 3.72. The molecule has 1 aromatic heterocycles. The Morgan fingerprint density at radius 1 is 1.28 bits per heavy atom. The second-order valence-corrected chi connectivity index (χ2v) is 8.20. The van der Waals surface area contributed by atoms with Gasteiger partial charge in [-0.3, -0.25) is 4.79 Å². The number of hydrogen-bond acceptors (Lipinski definition) is 4. The molecule has 0 spiro atoms. The Morgan fingerprint density at radius 2 is 2.00 bits per heavy atom. The van der Waals surface area contributed by atoms with Crippen molar-refractivity contribution in [1.82, 2.24) is 10.3 Å². The van der Waals surface area contributed by atoms with Crippen molar-refractivity contribution in [2.45, 2.75) is 39.7 Å². The number of carbonyl (C=O) groups is 1. The zero-order valence-corrected chi connectivity index (χ0v) is 15.0. The molecule has 4 unspecified atom stereocenters. The third-order valence-electron chi connectivity index (χ3n) is 6.57. The number of fused-ring (bicyclic) bond motifs is 2. The number of oxazole rings is 1. The molecule has 3 aliphatic carbocycles. The summed E-state index contributed by atoms with van der Waals surface area (Å²) in [7, 11) is 0. The highest BCUT2D eigenvalue weighted by atomic mass is 16.3. The predicted molar refractivity (Wildman–Crippen MR) is 96.8 cm³/mol. The zero-order valence-electron chi connectivity index (χ0n) is 15.0. The summed E-state index contributed by atoms with van der Waals surface area (Å²) in [5.41, 5.74) is 7.93. The van der Waals surface area contributed by atoms with Crippen molar-refractivity contribution in [2.24, 2.45) is 23.2 Å². The number of hydrogen-bond donors (Lipinski definition) is 2. The average molecular weight is 339 g/mol. The number of nitrogens with zero attached hydrogens (tertiary/aromatic N) is 1. The number of nitrogens with one attached hydrogen (secondary N) is 1. The van der Waals surface area contributed by atoms with Gasteiger partial charge in [-0.1, -0.05) is 20.8 Å². The topological polar surface area (TPSA) is 81.2 Å². The second kappa shape index (κ2) is 5.61. The highest BCUT2D eigenvalue weighted by Crippen LogP contribution is 2.61. The Labute approximate surface area is 148 Å². The molecule has 4 atom stereocenters. The normalized spacial score (nSPS) is 29.7. The summed E-state index contributed by atoms with van der Waals surface area (Å²) in [6, 6.07) is 7.47. The molecular formula is C20H25N3O2. The summed E-state index contributed by atoms with van der Waals surface area (Å²) < 4.78 is 5.48. The molecule has 2 bridgehead atoms. The first kappa shape index (κ1) is 16.2. The van der Waals surface area contributed by atoms with Crippen molar-refractivity contribution in [3.05, 3.63) is 36.2 Å². The molecule has 5 nitrogen and oxygen atoms in total. The number of aromatic nitrogens is 1. The molecule has 1 aromatic carbocycles. The van der Waals surface area contributed by atoms with E-state index in [1.165, 1.54) is 12.7 Å². The number of anilines is 1. The van der Waals surface area contributed by atoms with E-state index < -0.39 is 0 Å². The van der Waals surface area contributed by atoms with Crippen molar-refractivity contribution < 1.29 is 9.21 Å². The van der Waals surface area contributed by atoms with E-state index in [9.17, 15) is 4.79 Å². The highest BCUT2D eigenvalue weighted by molar-refractivity contribution is 5.92. The van der Waals surface area contributed by atoms with Crippen LogP contribution in [0, 0.1) is 23.2 Å². The molecule has 3 N–H and O–H groups in total. The maximum Gasteiger partial charge on any atom is 0.273 e. The number of nitrogen functional groups attached to an aromatic ring is 1. The summed E-state index contributed by atoms with van der Waals surface area (Å²) in [6.07, 6.45) is 3.78. The SMILES string of the molecule is CC1C(NC(=O)c2coc(-c3ccc(N)cc3)n2)CC2CC1C2(C)C. The van der Waals surface area contributed by atoms with E-state index in [-0.39, 0.29) is 11.9 Å². The van der Waals surface area contributed by atoms with Crippen LogP contribution in [0.2, 0.25) is 0 Å². The van der Waals surface area contributed by atoms with Crippen molar-refractivity contribution in [3.63, 3.8) is 0 Å². The van der Waals surface area contributed by atoms with Crippen molar-refractivity contribution in [3.8, 4) is 11.5 Å². The van der Waals surface area contributed by atoms with Crippen molar-refractivity contribution >= 4 is 11.6 Å². The molecule has 25 heavy (non-hydrogen) atoms. The standard InChI is InChI=1S/C20H25N3O2/c1-11-15-8-13(20(15,2)3)9-16(11)22-18(24)17-10-25-19(23-17)12-4-6-14(21)7-5-12/h4-7,10-11,13,15-16H,8-9,21H2,1-3H3,(H,22,24). The van der Waals surface area contributed by atoms with E-state index in [1.807, 2.05) is 12.1 Å². The molecule has 1 heterocycles. The summed E-state index contributed by atoms with van der Waals surface area (Å²) in [4.78, 5) is 16.9. The molecule has 132 valence electrons. The Kier molecular flexibility index (Phi) is 3.63. The minimum absolute atomic E-state index is 0.151. The molecule has 2 aromatic rings. The van der Waals surface area contributed by atoms with Gasteiger partial charge in [0.2, 0.25) is 5.89 Å². The molecule has 5 rings (SSSR count). The highest BCUT2D eigenvalue weighted by Gasteiger charge is 2.56. The average Bonchev–Trinajstić information content (AvgIpc) is 3.07. The number of nitrogens with two attached hydrogens (primary N) is 1. The van der Waals surface area contributed by atoms with Crippen molar-refractivity contribution in [2.75, 3.05) is 5.73 Å². The van der Waals surface area contributed by atoms with E-state index in [0.717, 1.165) is 12.0 Å². The lowest BCUT2D eigenvalue weighted by molar-refractivity contribution is -0.113. The van der Waals surface area contributed by atoms with Crippen LogP contribution in [0.15, 0.2) is 34.9 Å². The first-order chi connectivity index (χ1) is 11.9. The molecule has 3 fully saturated rings. The smallest absolute Gasteiger partial charge is 0.273 e. The van der Waals surface area contributed by atoms with Crippen LogP contribution in [0.1, 0.15) is 44.1 Å². The van der Waals surface area contributed by atoms with Crippen LogP contribution in [-0.4, -0.2) is 16.9 Å². The van der Waals surface area contributed by atoms with E-state index >= 15 is 0 Å². The van der Waals surface area contributed by atoms with Gasteiger partial charge >= 0.3 is 0 Å². The Balaban J connectivity index is 1.45. The Morgan fingerprint density at radius 3 is 2.64 bits per heavy atom. The number of carbonyl (C=O) groups excluding carboxylic acids is 1.